The minimum absolute atomic E-state index is 0.152. The van der Waals surface area contributed by atoms with Crippen molar-refractivity contribution in [3.05, 3.63) is 64.4 Å². The van der Waals surface area contributed by atoms with Crippen molar-refractivity contribution < 1.29 is 9.50 Å². The Morgan fingerprint density at radius 3 is 2.38 bits per heavy atom. The molecule has 0 aliphatic heterocycles. The summed E-state index contributed by atoms with van der Waals surface area (Å²) in [7, 11) is 1.88. The van der Waals surface area contributed by atoms with Gasteiger partial charge in [-0.2, -0.15) is 0 Å². The number of aliphatic hydroxyl groups is 1. The lowest BCUT2D eigenvalue weighted by Gasteiger charge is -2.29. The Morgan fingerprint density at radius 1 is 1.14 bits per heavy atom. The predicted molar refractivity (Wildman–Crippen MR) is 85.3 cm³/mol. The van der Waals surface area contributed by atoms with Gasteiger partial charge in [-0.05, 0) is 37.6 Å². The van der Waals surface area contributed by atoms with E-state index in [1.54, 1.807) is 25.1 Å². The largest absolute Gasteiger partial charge is 0.389 e. The normalized spacial score (nSPS) is 13.8. The molecule has 1 N–H and O–H groups in total. The SMILES string of the molecule is CC(O)c1ccc(N(C)C(C)c2ccccc2F)c(Cl)c1. The Hall–Kier alpha value is -1.58. The highest BCUT2D eigenvalue weighted by Gasteiger charge is 2.18. The first-order chi connectivity index (χ1) is 9.91. The first kappa shape index (κ1) is 15.8. The molecule has 112 valence electrons. The highest BCUT2D eigenvalue weighted by atomic mass is 35.5. The zero-order valence-electron chi connectivity index (χ0n) is 12.3. The number of hydrogen-bond acceptors (Lipinski definition) is 2. The molecular formula is C17H19ClFNO. The zero-order valence-corrected chi connectivity index (χ0v) is 13.1. The van der Waals surface area contributed by atoms with Crippen molar-refractivity contribution >= 4 is 17.3 Å². The molecule has 0 aromatic heterocycles. The zero-order chi connectivity index (χ0) is 15.6. The standard InChI is InChI=1S/C17H19ClFNO/c1-11(14-6-4-5-7-16(14)19)20(3)17-9-8-13(12(2)21)10-15(17)18/h4-12,21H,1-3H3. The van der Waals surface area contributed by atoms with Crippen LogP contribution in [0.1, 0.15) is 37.1 Å². The van der Waals surface area contributed by atoms with Gasteiger partial charge in [-0.25, -0.2) is 4.39 Å². The van der Waals surface area contributed by atoms with Crippen molar-refractivity contribution in [2.24, 2.45) is 0 Å². The van der Waals surface area contributed by atoms with E-state index in [9.17, 15) is 9.50 Å². The molecule has 0 saturated carbocycles. The van der Waals surface area contributed by atoms with Crippen LogP contribution in [0.3, 0.4) is 0 Å². The lowest BCUT2D eigenvalue weighted by molar-refractivity contribution is 0.199. The molecule has 21 heavy (non-hydrogen) atoms. The molecule has 0 bridgehead atoms. The molecule has 0 fully saturated rings. The van der Waals surface area contributed by atoms with E-state index in [1.165, 1.54) is 6.07 Å². The van der Waals surface area contributed by atoms with Crippen LogP contribution < -0.4 is 4.90 Å². The molecule has 2 aromatic rings. The summed E-state index contributed by atoms with van der Waals surface area (Å²) in [5, 5.41) is 10.1. The van der Waals surface area contributed by atoms with Gasteiger partial charge in [0, 0.05) is 12.6 Å². The van der Waals surface area contributed by atoms with Gasteiger partial charge in [-0.1, -0.05) is 35.9 Å². The maximum absolute atomic E-state index is 13.9. The van der Waals surface area contributed by atoms with Crippen molar-refractivity contribution in [2.45, 2.75) is 26.0 Å². The van der Waals surface area contributed by atoms with E-state index in [0.29, 0.717) is 10.6 Å². The molecule has 2 atom stereocenters. The minimum atomic E-state index is -0.564. The smallest absolute Gasteiger partial charge is 0.128 e. The van der Waals surface area contributed by atoms with Gasteiger partial charge in [0.1, 0.15) is 5.82 Å². The number of benzene rings is 2. The molecule has 2 rings (SSSR count). The second-order valence-corrected chi connectivity index (χ2v) is 5.60. The van der Waals surface area contributed by atoms with Gasteiger partial charge in [0.25, 0.3) is 0 Å². The third-order valence-electron chi connectivity index (χ3n) is 3.77. The molecule has 0 aliphatic carbocycles. The number of rotatable bonds is 4. The van der Waals surface area contributed by atoms with Crippen LogP contribution in [-0.4, -0.2) is 12.2 Å². The summed E-state index contributed by atoms with van der Waals surface area (Å²) in [5.41, 5.74) is 2.18. The third-order valence-corrected chi connectivity index (χ3v) is 4.07. The van der Waals surface area contributed by atoms with Crippen LogP contribution in [0.5, 0.6) is 0 Å². The van der Waals surface area contributed by atoms with Crippen LogP contribution in [0.4, 0.5) is 10.1 Å². The summed E-state index contributed by atoms with van der Waals surface area (Å²) in [6, 6.07) is 12.0. The van der Waals surface area contributed by atoms with E-state index in [0.717, 1.165) is 11.3 Å². The topological polar surface area (TPSA) is 23.5 Å². The fourth-order valence-electron chi connectivity index (χ4n) is 2.30. The van der Waals surface area contributed by atoms with E-state index < -0.39 is 6.10 Å². The van der Waals surface area contributed by atoms with Gasteiger partial charge in [-0.3, -0.25) is 0 Å². The van der Waals surface area contributed by atoms with Crippen LogP contribution in [0.25, 0.3) is 0 Å². The average molecular weight is 308 g/mol. The fraction of sp³-hybridized carbons (Fsp3) is 0.294. The van der Waals surface area contributed by atoms with Gasteiger partial charge < -0.3 is 10.0 Å². The molecule has 4 heteroatoms. The molecule has 0 spiro atoms. The molecule has 0 saturated heterocycles. The van der Waals surface area contributed by atoms with E-state index in [2.05, 4.69) is 0 Å². The van der Waals surface area contributed by atoms with E-state index >= 15 is 0 Å². The second kappa shape index (κ2) is 6.46. The van der Waals surface area contributed by atoms with Gasteiger partial charge in [0.05, 0.1) is 22.9 Å². The van der Waals surface area contributed by atoms with Crippen molar-refractivity contribution in [3.63, 3.8) is 0 Å². The first-order valence-electron chi connectivity index (χ1n) is 6.86. The van der Waals surface area contributed by atoms with E-state index in [4.69, 9.17) is 11.6 Å². The molecular weight excluding hydrogens is 289 g/mol. The van der Waals surface area contributed by atoms with Crippen LogP contribution in [0, 0.1) is 5.82 Å². The van der Waals surface area contributed by atoms with Crippen LogP contribution in [-0.2, 0) is 0 Å². The molecule has 0 aliphatic rings. The van der Waals surface area contributed by atoms with Crippen molar-refractivity contribution in [1.29, 1.82) is 0 Å². The van der Waals surface area contributed by atoms with Crippen molar-refractivity contribution in [2.75, 3.05) is 11.9 Å². The number of anilines is 1. The van der Waals surface area contributed by atoms with Gasteiger partial charge in [0.15, 0.2) is 0 Å². The maximum atomic E-state index is 13.9. The number of nitrogens with zero attached hydrogens (tertiary/aromatic N) is 1. The highest BCUT2D eigenvalue weighted by molar-refractivity contribution is 6.33. The maximum Gasteiger partial charge on any atom is 0.128 e. The van der Waals surface area contributed by atoms with Crippen LogP contribution >= 0.6 is 11.6 Å². The molecule has 0 radical (unpaired) electrons. The highest BCUT2D eigenvalue weighted by Crippen LogP contribution is 2.33. The quantitative estimate of drug-likeness (QED) is 0.882. The summed E-state index contributed by atoms with van der Waals surface area (Å²) in [6.45, 7) is 3.62. The number of hydrogen-bond donors (Lipinski definition) is 1. The van der Waals surface area contributed by atoms with Gasteiger partial charge >= 0.3 is 0 Å². The summed E-state index contributed by atoms with van der Waals surface area (Å²) in [6.07, 6.45) is -0.564. The number of halogens is 2. The lowest BCUT2D eigenvalue weighted by atomic mass is 10.0. The van der Waals surface area contributed by atoms with Crippen LogP contribution in [0.2, 0.25) is 5.02 Å². The van der Waals surface area contributed by atoms with Crippen molar-refractivity contribution in [3.8, 4) is 0 Å². The predicted octanol–water partition coefficient (Wildman–Crippen LogP) is 4.73. The van der Waals surface area contributed by atoms with E-state index in [-0.39, 0.29) is 11.9 Å². The van der Waals surface area contributed by atoms with Crippen molar-refractivity contribution in [1.82, 2.24) is 0 Å². The van der Waals surface area contributed by atoms with Gasteiger partial charge in [0.2, 0.25) is 0 Å². The summed E-state index contributed by atoms with van der Waals surface area (Å²) < 4.78 is 13.9. The number of aliphatic hydroxyl groups excluding tert-OH is 1. The molecule has 2 unspecified atom stereocenters. The third kappa shape index (κ3) is 3.36. The van der Waals surface area contributed by atoms with Crippen LogP contribution in [0.15, 0.2) is 42.5 Å². The molecule has 2 aromatic carbocycles. The Balaban J connectivity index is 2.32. The minimum Gasteiger partial charge on any atom is -0.389 e. The van der Waals surface area contributed by atoms with Gasteiger partial charge in [-0.15, -0.1) is 0 Å². The second-order valence-electron chi connectivity index (χ2n) is 5.20. The molecule has 2 nitrogen and oxygen atoms in total. The monoisotopic (exact) mass is 307 g/mol. The first-order valence-corrected chi connectivity index (χ1v) is 7.24. The Morgan fingerprint density at radius 2 is 1.81 bits per heavy atom. The van der Waals surface area contributed by atoms with E-state index in [1.807, 2.05) is 37.1 Å². The Bertz CT molecular complexity index is 630. The fourth-order valence-corrected chi connectivity index (χ4v) is 2.62. The molecule has 0 heterocycles. The summed E-state index contributed by atoms with van der Waals surface area (Å²) in [4.78, 5) is 1.92. The lowest BCUT2D eigenvalue weighted by Crippen LogP contribution is -2.22. The summed E-state index contributed by atoms with van der Waals surface area (Å²) in [5.74, 6) is -0.228. The average Bonchev–Trinajstić information content (AvgIpc) is 2.46. The summed E-state index contributed by atoms with van der Waals surface area (Å²) >= 11 is 6.29. The Kier molecular flexibility index (Phi) is 4.86. The molecule has 0 amide bonds. The Labute approximate surface area is 129 Å².